The molecule has 21 atom stereocenters. The summed E-state index contributed by atoms with van der Waals surface area (Å²) in [5, 5.41) is 36.7. The molecule has 1 aromatic rings. The van der Waals surface area contributed by atoms with Gasteiger partial charge in [0.2, 0.25) is 17.7 Å². The molecule has 9 N–H and O–H groups in total. The van der Waals surface area contributed by atoms with E-state index in [1.807, 2.05) is 0 Å². The van der Waals surface area contributed by atoms with Crippen molar-refractivity contribution < 1.29 is 101 Å². The van der Waals surface area contributed by atoms with Crippen molar-refractivity contribution in [2.45, 2.75) is 239 Å². The lowest BCUT2D eigenvalue weighted by atomic mass is 9.57. The molecule has 1 saturated carbocycles. The van der Waals surface area contributed by atoms with Gasteiger partial charge in [-0.25, -0.2) is 9.59 Å². The van der Waals surface area contributed by atoms with E-state index < -0.39 is 102 Å². The molecule has 0 radical (unpaired) electrons. The number of methoxy groups -OCH3 is 2. The number of benzene rings is 1. The fourth-order valence-corrected chi connectivity index (χ4v) is 15.6. The number of rotatable bonds is 27. The number of ketones is 1. The van der Waals surface area contributed by atoms with Crippen molar-refractivity contribution in [3.63, 3.8) is 0 Å². The second kappa shape index (κ2) is 35.5. The minimum Gasteiger partial charge on any atom is -0.445 e. The van der Waals surface area contributed by atoms with Crippen molar-refractivity contribution in [3.05, 3.63) is 66.3 Å². The van der Waals surface area contributed by atoms with Gasteiger partial charge in [-0.3, -0.25) is 33.7 Å². The first-order chi connectivity index (χ1) is 47.6. The van der Waals surface area contributed by atoms with E-state index in [-0.39, 0.29) is 170 Å². The number of ether oxygens (including phenoxy) is 11. The van der Waals surface area contributed by atoms with E-state index in [1.54, 1.807) is 52.3 Å². The van der Waals surface area contributed by atoms with E-state index >= 15 is 0 Å². The van der Waals surface area contributed by atoms with Crippen molar-refractivity contribution in [1.82, 2.24) is 26.2 Å². The largest absolute Gasteiger partial charge is 0.445 e. The molecule has 8 amide bonds. The molecule has 1 aliphatic carbocycles. The lowest BCUT2D eigenvalue weighted by Crippen LogP contribution is -2.78. The monoisotopic (exact) mass is 1390 g/mol. The number of nitrogens with two attached hydrogens (primary N) is 1. The van der Waals surface area contributed by atoms with Crippen molar-refractivity contribution in [2.24, 2.45) is 29.4 Å². The number of urea groups is 1. The van der Waals surface area contributed by atoms with Crippen LogP contribution in [0.15, 0.2) is 60.7 Å². The molecule has 10 aliphatic heterocycles. The molecule has 99 heavy (non-hydrogen) atoms. The Bertz CT molecular complexity index is 3010. The van der Waals surface area contributed by atoms with Crippen LogP contribution in [0.3, 0.4) is 0 Å². The first-order valence-corrected chi connectivity index (χ1v) is 35.5. The minimum absolute atomic E-state index is 0.0105. The van der Waals surface area contributed by atoms with Gasteiger partial charge < -0.3 is 94.6 Å². The van der Waals surface area contributed by atoms with Crippen LogP contribution in [-0.2, 0) is 87.5 Å². The molecule has 12 bridgehead atoms. The average Bonchev–Trinajstić information content (AvgIpc) is 1.18. The molecule has 0 aromatic heterocycles. The Labute approximate surface area is 578 Å². The highest BCUT2D eigenvalue weighted by Gasteiger charge is 2.69. The molecule has 10 fully saturated rings. The first-order valence-electron chi connectivity index (χ1n) is 35.5. The molecule has 11 aliphatic rings. The topological polar surface area (TPSA) is 368 Å². The summed E-state index contributed by atoms with van der Waals surface area (Å²) in [7, 11) is 3.32. The number of hydrogen-bond acceptors (Lipinski definition) is 21. The third-order valence-electron chi connectivity index (χ3n) is 21.0. The van der Waals surface area contributed by atoms with Gasteiger partial charge in [-0.15, -0.1) is 0 Å². The third kappa shape index (κ3) is 19.9. The van der Waals surface area contributed by atoms with E-state index in [0.717, 1.165) is 67.4 Å². The Balaban J connectivity index is 0.696. The van der Waals surface area contributed by atoms with Crippen LogP contribution < -0.4 is 32.3 Å². The van der Waals surface area contributed by atoms with Gasteiger partial charge in [-0.2, -0.15) is 0 Å². The van der Waals surface area contributed by atoms with Gasteiger partial charge in [0, 0.05) is 101 Å². The number of nitrogens with one attached hydrogen (secondary N) is 5. The fraction of sp³-hybridized carbons (Fsp3) is 0.718. The molecule has 9 saturated heterocycles. The predicted octanol–water partition coefficient (Wildman–Crippen LogP) is 3.65. The van der Waals surface area contributed by atoms with Crippen LogP contribution in [0.4, 0.5) is 15.3 Å². The normalized spacial score (nSPS) is 33.1. The zero-order valence-electron chi connectivity index (χ0n) is 57.4. The Kier molecular flexibility index (Phi) is 27.1. The highest BCUT2D eigenvalue weighted by atomic mass is 16.6. The van der Waals surface area contributed by atoms with E-state index in [1.165, 1.54) is 12.2 Å². The smallest absolute Gasteiger partial charge is 0.407 e. The van der Waals surface area contributed by atoms with Crippen molar-refractivity contribution >= 4 is 53.1 Å². The summed E-state index contributed by atoms with van der Waals surface area (Å²) in [5.41, 5.74) is 8.20. The molecule has 0 spiro atoms. The van der Waals surface area contributed by atoms with E-state index in [2.05, 4.69) is 39.7 Å². The minimum atomic E-state index is -1.11. The van der Waals surface area contributed by atoms with Crippen LogP contribution in [0.5, 0.6) is 0 Å². The van der Waals surface area contributed by atoms with Gasteiger partial charge in [0.05, 0.1) is 125 Å². The number of nitrogens with zero attached hydrogens (tertiary/aromatic N) is 1. The molecule has 548 valence electrons. The molecule has 12 rings (SSSR count). The summed E-state index contributed by atoms with van der Waals surface area (Å²) in [6, 6.07) is 3.57. The average molecular weight is 1390 g/mol. The second-order valence-electron chi connectivity index (χ2n) is 28.2. The summed E-state index contributed by atoms with van der Waals surface area (Å²) in [6.07, 6.45) is 4.29. The maximum absolute atomic E-state index is 14.4. The number of amides is 8. The Morgan fingerprint density at radius 1 is 0.707 bits per heavy atom. The first kappa shape index (κ1) is 75.4. The molecule has 28 heteroatoms. The van der Waals surface area contributed by atoms with Crippen LogP contribution in [0.1, 0.15) is 129 Å². The SMILES string of the molecule is C=C1C[C@@H]2CC[C@@H](OC)C[C@H]3O[C@H]4C5C(O[C@H]6CC[C@H](CC(=O)C[C@@H]7[C@@H](OC)[C@@H](C[C@H](O)CNC(=O)OCc8ccc(NC(=O)[C@H](CCCNC(N)=O)NC(=O)[C@@H](NC(=O)CCOCCOCCN9C(=O)C=CC9=O)C(C)C)cc8)O[C@H]7C[C@H]7O[C@H](CCC7=C)CC[C@@H]1O2)O[C@@H]6[C@@H]5O)[C@H]34. The van der Waals surface area contributed by atoms with Gasteiger partial charge >= 0.3 is 12.1 Å². The van der Waals surface area contributed by atoms with Crippen LogP contribution in [0, 0.1) is 23.7 Å². The van der Waals surface area contributed by atoms with Crippen molar-refractivity contribution in [2.75, 3.05) is 65.6 Å². The summed E-state index contributed by atoms with van der Waals surface area (Å²) in [6.45, 7) is 12.6. The molecule has 10 heterocycles. The highest BCUT2D eigenvalue weighted by Crippen LogP contribution is 2.57. The number of alkyl carbamates (subject to hydrolysis) is 1. The number of primary amides is 1. The van der Waals surface area contributed by atoms with E-state index in [9.17, 15) is 48.6 Å². The number of anilines is 1. The van der Waals surface area contributed by atoms with Crippen LogP contribution >= 0.6 is 0 Å². The summed E-state index contributed by atoms with van der Waals surface area (Å²) in [4.78, 5) is 104. The van der Waals surface area contributed by atoms with Gasteiger partial charge in [0.1, 0.15) is 30.6 Å². The summed E-state index contributed by atoms with van der Waals surface area (Å²) < 4.78 is 68.6. The molecule has 28 nitrogen and oxygen atoms in total. The Morgan fingerprint density at radius 3 is 2.14 bits per heavy atom. The fourth-order valence-electron chi connectivity index (χ4n) is 15.6. The standard InChI is InChI=1S/C71H103N7O21/c1-38(2)62(77-57(81)23-26-91-28-29-92-27-25-78-58(82)21-22-59(78)83)69(86)76-50(8-7-24-73-70(72)87)68(85)75-42-12-10-41(11-13-42)37-93-71(88)74-36-44(80)33-56-64(90-6)49-32-43(79)31-48-18-20-52-65(96-48)63(84)61-66(98-52)60-55(99-67(60)61)34-46(89-5)15-16-47-30-40(4)51(95-47)19-17-45-14-9-39(3)53(94-45)35-54(49)97-56/h10-13,21-22,38,44-56,60-67,80,84H,3-4,7-9,14-20,23-37H2,1-2,5-6H3,(H,74,88)(H,75,85)(H,76,86)(H,77,81)(H3,72,73,87)/t44-,45+,46+,47-,48+,49-,50-,51-,52-,53+,54-,55+,56+,60-,61?,62-,63+,64+,65-,66?,67+/m0/s1. The van der Waals surface area contributed by atoms with Crippen LogP contribution in [0.25, 0.3) is 0 Å². The number of aliphatic hydroxyl groups excluding tert-OH is 2. The zero-order valence-corrected chi connectivity index (χ0v) is 57.4. The van der Waals surface area contributed by atoms with Crippen molar-refractivity contribution in [3.8, 4) is 0 Å². The van der Waals surface area contributed by atoms with Gasteiger partial charge in [0.15, 0.2) is 0 Å². The second-order valence-corrected chi connectivity index (χ2v) is 28.2. The number of hydrogen-bond donors (Lipinski definition) is 8. The van der Waals surface area contributed by atoms with Crippen molar-refractivity contribution in [1.29, 1.82) is 0 Å². The molecule has 2 unspecified atom stereocenters. The number of carbonyl (C=O) groups excluding carboxylic acids is 8. The molecular formula is C71H103N7O21. The number of Topliss-reactive ketones (excluding diaryl/α,β-unsaturated/α-hetero) is 1. The predicted molar refractivity (Wildman–Crippen MR) is 355 cm³/mol. The lowest BCUT2D eigenvalue weighted by Gasteiger charge is -2.67. The third-order valence-corrected chi connectivity index (χ3v) is 21.0. The number of carbonyl (C=O) groups is 8. The van der Waals surface area contributed by atoms with Crippen LogP contribution in [-0.4, -0.2) is 233 Å². The quantitative estimate of drug-likeness (QED) is 0.0354. The number of fused-ring (bicyclic) bond motifs is 1. The maximum Gasteiger partial charge on any atom is 0.407 e. The van der Waals surface area contributed by atoms with Gasteiger partial charge in [-0.1, -0.05) is 39.1 Å². The summed E-state index contributed by atoms with van der Waals surface area (Å²) >= 11 is 0. The molecular weight excluding hydrogens is 1290 g/mol. The lowest BCUT2D eigenvalue weighted by molar-refractivity contribution is -0.394. The number of imide groups is 1. The van der Waals surface area contributed by atoms with Gasteiger partial charge in [0.25, 0.3) is 11.8 Å². The van der Waals surface area contributed by atoms with Crippen LogP contribution in [0.2, 0.25) is 0 Å². The molecule has 1 aromatic carbocycles. The van der Waals surface area contributed by atoms with Gasteiger partial charge in [-0.05, 0) is 105 Å². The Morgan fingerprint density at radius 2 is 1.41 bits per heavy atom. The Hall–Kier alpha value is -6.28. The highest BCUT2D eigenvalue weighted by molar-refractivity contribution is 6.12. The summed E-state index contributed by atoms with van der Waals surface area (Å²) in [5.74, 6) is -3.37. The zero-order chi connectivity index (χ0) is 70.4. The number of aliphatic hydroxyl groups is 2. The maximum atomic E-state index is 14.4. The van der Waals surface area contributed by atoms with E-state index in [4.69, 9.17) is 57.8 Å². The van der Waals surface area contributed by atoms with E-state index in [0.29, 0.717) is 30.5 Å².